The Bertz CT molecular complexity index is 535. The van der Waals surface area contributed by atoms with E-state index in [1.54, 1.807) is 20.2 Å². The molecule has 0 aliphatic heterocycles. The van der Waals surface area contributed by atoms with E-state index in [4.69, 9.17) is 0 Å². The van der Waals surface area contributed by atoms with Crippen LogP contribution in [0.4, 0.5) is 4.39 Å². The summed E-state index contributed by atoms with van der Waals surface area (Å²) < 4.78 is 13.1. The number of carbonyl (C=O) groups excluding carboxylic acids is 1. The molecule has 1 amide bonds. The molecule has 7 heteroatoms. The summed E-state index contributed by atoms with van der Waals surface area (Å²) in [7, 11) is 3.29. The monoisotopic (exact) mass is 436 g/mol. The molecule has 5 nitrogen and oxygen atoms in total. The minimum Gasteiger partial charge on any atom is -0.359 e. The van der Waals surface area contributed by atoms with Crippen molar-refractivity contribution in [2.45, 2.75) is 20.3 Å². The van der Waals surface area contributed by atoms with Crippen molar-refractivity contribution in [1.29, 1.82) is 0 Å². The third-order valence-corrected chi connectivity index (χ3v) is 3.36. The summed E-state index contributed by atoms with van der Waals surface area (Å²) in [5.41, 5.74) is 0.392. The van der Waals surface area contributed by atoms with Gasteiger partial charge < -0.3 is 16.0 Å². The van der Waals surface area contributed by atoms with Crippen LogP contribution in [0.1, 0.15) is 19.4 Å². The van der Waals surface area contributed by atoms with Gasteiger partial charge in [0, 0.05) is 27.2 Å². The summed E-state index contributed by atoms with van der Waals surface area (Å²) >= 11 is 0. The smallest absolute Gasteiger partial charge is 0.227 e. The number of amides is 1. The third-order valence-electron chi connectivity index (χ3n) is 3.36. The molecular formula is C16H26FIN4O. The van der Waals surface area contributed by atoms with E-state index < -0.39 is 5.41 Å². The minimum atomic E-state index is -0.533. The first kappa shape index (κ1) is 21.6. The van der Waals surface area contributed by atoms with E-state index in [9.17, 15) is 9.18 Å². The van der Waals surface area contributed by atoms with Crippen LogP contribution in [0, 0.1) is 11.2 Å². The third kappa shape index (κ3) is 7.62. The average molecular weight is 436 g/mol. The molecule has 1 rings (SSSR count). The normalized spacial score (nSPS) is 11.4. The molecule has 0 unspecified atom stereocenters. The maximum absolute atomic E-state index is 13.1. The van der Waals surface area contributed by atoms with Gasteiger partial charge in [0.25, 0.3) is 0 Å². The fraction of sp³-hybridized carbons (Fsp3) is 0.500. The Morgan fingerprint density at radius 3 is 2.57 bits per heavy atom. The Kier molecular flexibility index (Phi) is 9.78. The zero-order chi connectivity index (χ0) is 16.6. The number of benzene rings is 1. The maximum atomic E-state index is 13.1. The van der Waals surface area contributed by atoms with Gasteiger partial charge in [0.15, 0.2) is 5.96 Å². The topological polar surface area (TPSA) is 65.5 Å². The van der Waals surface area contributed by atoms with Gasteiger partial charge in [0.05, 0.1) is 5.41 Å². The zero-order valence-corrected chi connectivity index (χ0v) is 16.4. The Morgan fingerprint density at radius 1 is 1.30 bits per heavy atom. The first-order valence-corrected chi connectivity index (χ1v) is 7.30. The van der Waals surface area contributed by atoms with Crippen LogP contribution < -0.4 is 16.0 Å². The molecule has 0 heterocycles. The summed E-state index contributed by atoms with van der Waals surface area (Å²) in [6.45, 7) is 4.81. The lowest BCUT2D eigenvalue weighted by atomic mass is 9.92. The van der Waals surface area contributed by atoms with E-state index in [0.717, 1.165) is 5.56 Å². The summed E-state index contributed by atoms with van der Waals surface area (Å²) in [6.07, 6.45) is 0.692. The standard InChI is InChI=1S/C16H25FN4O.HI/c1-16(2,14(22)18-3)11-21-15(19-4)20-9-8-12-6-5-7-13(17)10-12;/h5-7,10H,8-9,11H2,1-4H3,(H,18,22)(H2,19,20,21);1H. The molecule has 0 radical (unpaired) electrons. The lowest BCUT2D eigenvalue weighted by molar-refractivity contribution is -0.128. The number of hydrogen-bond acceptors (Lipinski definition) is 2. The van der Waals surface area contributed by atoms with Crippen LogP contribution in [-0.2, 0) is 11.2 Å². The molecule has 23 heavy (non-hydrogen) atoms. The van der Waals surface area contributed by atoms with Crippen molar-refractivity contribution in [2.24, 2.45) is 10.4 Å². The largest absolute Gasteiger partial charge is 0.359 e. The predicted molar refractivity (Wildman–Crippen MR) is 103 cm³/mol. The summed E-state index contributed by atoms with van der Waals surface area (Å²) in [4.78, 5) is 15.8. The molecule has 1 aromatic carbocycles. The van der Waals surface area contributed by atoms with Crippen molar-refractivity contribution >= 4 is 35.8 Å². The molecule has 0 bridgehead atoms. The Morgan fingerprint density at radius 2 is 2.00 bits per heavy atom. The van der Waals surface area contributed by atoms with Crippen LogP contribution in [0.25, 0.3) is 0 Å². The van der Waals surface area contributed by atoms with E-state index in [0.29, 0.717) is 25.5 Å². The second-order valence-corrected chi connectivity index (χ2v) is 5.70. The van der Waals surface area contributed by atoms with Gasteiger partial charge in [-0.3, -0.25) is 9.79 Å². The van der Waals surface area contributed by atoms with E-state index in [1.165, 1.54) is 12.1 Å². The van der Waals surface area contributed by atoms with Crippen LogP contribution in [0.5, 0.6) is 0 Å². The van der Waals surface area contributed by atoms with Gasteiger partial charge in [-0.05, 0) is 38.0 Å². The molecule has 0 saturated carbocycles. The van der Waals surface area contributed by atoms with Gasteiger partial charge >= 0.3 is 0 Å². The van der Waals surface area contributed by atoms with Crippen molar-refractivity contribution in [2.75, 3.05) is 27.2 Å². The summed E-state index contributed by atoms with van der Waals surface area (Å²) in [6, 6.07) is 6.53. The van der Waals surface area contributed by atoms with Crippen molar-refractivity contribution in [1.82, 2.24) is 16.0 Å². The van der Waals surface area contributed by atoms with Crippen LogP contribution in [-0.4, -0.2) is 39.1 Å². The van der Waals surface area contributed by atoms with Crippen LogP contribution >= 0.6 is 24.0 Å². The molecule has 0 aliphatic rings. The number of guanidine groups is 1. The molecule has 130 valence electrons. The maximum Gasteiger partial charge on any atom is 0.227 e. The van der Waals surface area contributed by atoms with Gasteiger partial charge in [-0.25, -0.2) is 4.39 Å². The number of nitrogens with one attached hydrogen (secondary N) is 3. The van der Waals surface area contributed by atoms with Crippen molar-refractivity contribution in [3.8, 4) is 0 Å². The van der Waals surface area contributed by atoms with Crippen molar-refractivity contribution < 1.29 is 9.18 Å². The highest BCUT2D eigenvalue weighted by molar-refractivity contribution is 14.0. The molecule has 0 spiro atoms. The highest BCUT2D eigenvalue weighted by Crippen LogP contribution is 2.12. The van der Waals surface area contributed by atoms with E-state index in [-0.39, 0.29) is 35.7 Å². The zero-order valence-electron chi connectivity index (χ0n) is 14.1. The number of halogens is 2. The summed E-state index contributed by atoms with van der Waals surface area (Å²) in [5, 5.41) is 8.92. The van der Waals surface area contributed by atoms with Crippen molar-refractivity contribution in [3.63, 3.8) is 0 Å². The van der Waals surface area contributed by atoms with Gasteiger partial charge in [0.2, 0.25) is 5.91 Å². The minimum absolute atomic E-state index is 0. The van der Waals surface area contributed by atoms with Crippen molar-refractivity contribution in [3.05, 3.63) is 35.6 Å². The lowest BCUT2D eigenvalue weighted by Crippen LogP contribution is -2.47. The van der Waals surface area contributed by atoms with Gasteiger partial charge in [0.1, 0.15) is 5.82 Å². The number of carbonyl (C=O) groups is 1. The fourth-order valence-electron chi connectivity index (χ4n) is 1.96. The second-order valence-electron chi connectivity index (χ2n) is 5.70. The SMILES string of the molecule is CN=C(NCCc1cccc(F)c1)NCC(C)(C)C(=O)NC.I. The number of hydrogen-bond donors (Lipinski definition) is 3. The van der Waals surface area contributed by atoms with Crippen LogP contribution in [0.3, 0.4) is 0 Å². The molecular weight excluding hydrogens is 410 g/mol. The van der Waals surface area contributed by atoms with Crippen LogP contribution in [0.2, 0.25) is 0 Å². The molecule has 1 aromatic rings. The molecule has 0 saturated heterocycles. The summed E-state index contributed by atoms with van der Waals surface area (Å²) in [5.74, 6) is 0.357. The lowest BCUT2D eigenvalue weighted by Gasteiger charge is -2.24. The number of aliphatic imine (C=N–C) groups is 1. The Hall–Kier alpha value is -1.38. The Labute approximate surface area is 154 Å². The first-order chi connectivity index (χ1) is 10.4. The quantitative estimate of drug-likeness (QED) is 0.363. The molecule has 0 aromatic heterocycles. The van der Waals surface area contributed by atoms with Gasteiger partial charge in [-0.2, -0.15) is 0 Å². The van der Waals surface area contributed by atoms with E-state index >= 15 is 0 Å². The van der Waals surface area contributed by atoms with Crippen LogP contribution in [0.15, 0.2) is 29.3 Å². The fourth-order valence-corrected chi connectivity index (χ4v) is 1.96. The number of rotatable bonds is 6. The van der Waals surface area contributed by atoms with Gasteiger partial charge in [-0.15, -0.1) is 24.0 Å². The van der Waals surface area contributed by atoms with E-state index in [1.807, 2.05) is 19.9 Å². The molecule has 0 atom stereocenters. The van der Waals surface area contributed by atoms with Gasteiger partial charge in [-0.1, -0.05) is 12.1 Å². The highest BCUT2D eigenvalue weighted by Gasteiger charge is 2.26. The molecule has 0 fully saturated rings. The highest BCUT2D eigenvalue weighted by atomic mass is 127. The molecule has 0 aliphatic carbocycles. The average Bonchev–Trinajstić information content (AvgIpc) is 2.49. The van der Waals surface area contributed by atoms with E-state index in [2.05, 4.69) is 20.9 Å². The molecule has 3 N–H and O–H groups in total. The Balaban J connectivity index is 0.00000484. The number of nitrogens with zero attached hydrogens (tertiary/aromatic N) is 1. The second kappa shape index (κ2) is 10.4. The first-order valence-electron chi connectivity index (χ1n) is 7.30. The predicted octanol–water partition coefficient (Wildman–Crippen LogP) is 1.92.